The van der Waals surface area contributed by atoms with Gasteiger partial charge >= 0.3 is 0 Å². The molecule has 0 radical (unpaired) electrons. The number of rotatable bonds is 4. The molecule has 12 heavy (non-hydrogen) atoms. The average molecular weight is 166 g/mol. The maximum atomic E-state index is 10.7. The molecule has 1 heteroatoms. The van der Waals surface area contributed by atoms with Crippen molar-refractivity contribution >= 4 is 6.29 Å². The van der Waals surface area contributed by atoms with E-state index in [9.17, 15) is 4.79 Å². The molecule has 0 fully saturated rings. The van der Waals surface area contributed by atoms with Gasteiger partial charge in [0.2, 0.25) is 0 Å². The number of hydrogen-bond acceptors (Lipinski definition) is 1. The quantitative estimate of drug-likeness (QED) is 0.463. The Morgan fingerprint density at radius 3 is 2.33 bits per heavy atom. The molecule has 0 amide bonds. The van der Waals surface area contributed by atoms with Gasteiger partial charge in [0.1, 0.15) is 6.29 Å². The summed E-state index contributed by atoms with van der Waals surface area (Å²) in [5.74, 6) is 0. The summed E-state index contributed by atoms with van der Waals surface area (Å²) in [6, 6.07) is 0. The minimum Gasteiger partial charge on any atom is -0.302 e. The van der Waals surface area contributed by atoms with Crippen molar-refractivity contribution in [3.63, 3.8) is 0 Å². The van der Waals surface area contributed by atoms with Gasteiger partial charge < -0.3 is 4.79 Å². The third-order valence-corrected chi connectivity index (χ3v) is 1.77. The van der Waals surface area contributed by atoms with Crippen LogP contribution < -0.4 is 0 Å². The third kappa shape index (κ3) is 4.12. The smallest absolute Gasteiger partial charge is 0.129 e. The van der Waals surface area contributed by atoms with E-state index in [0.29, 0.717) is 0 Å². The SMILES string of the molecule is C/C=C\C(C)(C=O)CC=C(C)C. The molecular weight excluding hydrogens is 148 g/mol. The molecular formula is C11H18O. The molecule has 0 spiro atoms. The molecule has 0 N–H and O–H groups in total. The standard InChI is InChI=1S/C11H18O/c1-5-7-11(4,9-12)8-6-10(2)3/h5-7,9H,8H2,1-4H3/b7-5-. The van der Waals surface area contributed by atoms with Crippen LogP contribution in [0.2, 0.25) is 0 Å². The van der Waals surface area contributed by atoms with E-state index in [1.807, 2.05) is 39.8 Å². The Morgan fingerprint density at radius 1 is 1.42 bits per heavy atom. The zero-order chi connectivity index (χ0) is 9.61. The van der Waals surface area contributed by atoms with Crippen molar-refractivity contribution in [3.05, 3.63) is 23.8 Å². The van der Waals surface area contributed by atoms with Gasteiger partial charge in [-0.25, -0.2) is 0 Å². The van der Waals surface area contributed by atoms with Gasteiger partial charge in [-0.15, -0.1) is 0 Å². The topological polar surface area (TPSA) is 17.1 Å². The van der Waals surface area contributed by atoms with Crippen LogP contribution in [0, 0.1) is 5.41 Å². The van der Waals surface area contributed by atoms with Crippen molar-refractivity contribution in [3.8, 4) is 0 Å². The van der Waals surface area contributed by atoms with Crippen molar-refractivity contribution in [2.24, 2.45) is 5.41 Å². The van der Waals surface area contributed by atoms with E-state index in [4.69, 9.17) is 0 Å². The first-order valence-electron chi connectivity index (χ1n) is 4.27. The van der Waals surface area contributed by atoms with Crippen molar-refractivity contribution in [1.82, 2.24) is 0 Å². The Labute approximate surface area is 75.2 Å². The summed E-state index contributed by atoms with van der Waals surface area (Å²) in [7, 11) is 0. The second-order valence-corrected chi connectivity index (χ2v) is 3.61. The van der Waals surface area contributed by atoms with Crippen LogP contribution in [0.5, 0.6) is 0 Å². The van der Waals surface area contributed by atoms with E-state index in [0.717, 1.165) is 12.7 Å². The molecule has 0 heterocycles. The van der Waals surface area contributed by atoms with Crippen LogP contribution in [0.3, 0.4) is 0 Å². The fourth-order valence-corrected chi connectivity index (χ4v) is 0.960. The molecule has 1 unspecified atom stereocenters. The van der Waals surface area contributed by atoms with Crippen LogP contribution in [0.15, 0.2) is 23.8 Å². The lowest BCUT2D eigenvalue weighted by Gasteiger charge is -2.15. The summed E-state index contributed by atoms with van der Waals surface area (Å²) in [5, 5.41) is 0. The second-order valence-electron chi connectivity index (χ2n) is 3.61. The van der Waals surface area contributed by atoms with Gasteiger partial charge in [0.25, 0.3) is 0 Å². The van der Waals surface area contributed by atoms with Crippen molar-refractivity contribution in [2.45, 2.75) is 34.1 Å². The Hall–Kier alpha value is -0.850. The van der Waals surface area contributed by atoms with E-state index in [1.54, 1.807) is 0 Å². The highest BCUT2D eigenvalue weighted by Gasteiger charge is 2.17. The van der Waals surface area contributed by atoms with Crippen LogP contribution in [0.25, 0.3) is 0 Å². The highest BCUT2D eigenvalue weighted by atomic mass is 16.1. The summed E-state index contributed by atoms with van der Waals surface area (Å²) in [4.78, 5) is 10.7. The number of allylic oxidation sites excluding steroid dienone is 4. The van der Waals surface area contributed by atoms with Gasteiger partial charge in [0.05, 0.1) is 0 Å². The molecule has 0 aromatic carbocycles. The van der Waals surface area contributed by atoms with E-state index in [-0.39, 0.29) is 5.41 Å². The summed E-state index contributed by atoms with van der Waals surface area (Å²) < 4.78 is 0. The van der Waals surface area contributed by atoms with Gasteiger partial charge in [-0.1, -0.05) is 23.8 Å². The minimum atomic E-state index is -0.313. The lowest BCUT2D eigenvalue weighted by atomic mass is 9.87. The number of carbonyl (C=O) groups excluding carboxylic acids is 1. The van der Waals surface area contributed by atoms with Gasteiger partial charge in [0, 0.05) is 5.41 Å². The molecule has 1 nitrogen and oxygen atoms in total. The molecule has 0 aliphatic carbocycles. The Morgan fingerprint density at radius 2 is 2.00 bits per heavy atom. The number of hydrogen-bond donors (Lipinski definition) is 0. The monoisotopic (exact) mass is 166 g/mol. The Balaban J connectivity index is 4.34. The van der Waals surface area contributed by atoms with Crippen LogP contribution >= 0.6 is 0 Å². The molecule has 1 atom stereocenters. The zero-order valence-electron chi connectivity index (χ0n) is 8.42. The van der Waals surface area contributed by atoms with Gasteiger partial charge in [-0.05, 0) is 34.1 Å². The molecule has 68 valence electrons. The normalized spacial score (nSPS) is 15.7. The van der Waals surface area contributed by atoms with E-state index in [1.165, 1.54) is 5.57 Å². The largest absolute Gasteiger partial charge is 0.302 e. The van der Waals surface area contributed by atoms with E-state index in [2.05, 4.69) is 6.08 Å². The average Bonchev–Trinajstić information content (AvgIpc) is 2.02. The molecule has 0 saturated heterocycles. The predicted octanol–water partition coefficient (Wildman–Crippen LogP) is 3.12. The molecule has 0 saturated carbocycles. The molecule has 0 aliphatic heterocycles. The first-order valence-corrected chi connectivity index (χ1v) is 4.27. The molecule has 0 aromatic heterocycles. The summed E-state index contributed by atoms with van der Waals surface area (Å²) in [5.41, 5.74) is 0.944. The first kappa shape index (κ1) is 11.2. The van der Waals surface area contributed by atoms with Crippen molar-refractivity contribution < 1.29 is 4.79 Å². The summed E-state index contributed by atoms with van der Waals surface area (Å²) in [6.07, 6.45) is 7.76. The van der Waals surface area contributed by atoms with Crippen LogP contribution in [-0.4, -0.2) is 6.29 Å². The molecule has 0 aliphatic rings. The second kappa shape index (κ2) is 4.91. The fraction of sp³-hybridized carbons (Fsp3) is 0.545. The number of aldehydes is 1. The van der Waals surface area contributed by atoms with E-state index >= 15 is 0 Å². The molecule has 0 rings (SSSR count). The van der Waals surface area contributed by atoms with Gasteiger partial charge in [-0.3, -0.25) is 0 Å². The van der Waals surface area contributed by atoms with Crippen LogP contribution in [0.1, 0.15) is 34.1 Å². The van der Waals surface area contributed by atoms with Crippen LogP contribution in [-0.2, 0) is 4.79 Å². The fourth-order valence-electron chi connectivity index (χ4n) is 0.960. The maximum Gasteiger partial charge on any atom is 0.129 e. The van der Waals surface area contributed by atoms with Gasteiger partial charge in [-0.2, -0.15) is 0 Å². The maximum absolute atomic E-state index is 10.7. The van der Waals surface area contributed by atoms with Gasteiger partial charge in [0.15, 0.2) is 0 Å². The molecule has 0 aromatic rings. The Bertz CT molecular complexity index is 197. The lowest BCUT2D eigenvalue weighted by molar-refractivity contribution is -0.113. The summed E-state index contributed by atoms with van der Waals surface area (Å²) in [6.45, 7) is 7.96. The zero-order valence-corrected chi connectivity index (χ0v) is 8.42. The third-order valence-electron chi connectivity index (χ3n) is 1.77. The highest BCUT2D eigenvalue weighted by molar-refractivity contribution is 5.62. The van der Waals surface area contributed by atoms with Crippen molar-refractivity contribution in [2.75, 3.05) is 0 Å². The Kier molecular flexibility index (Phi) is 4.57. The number of carbonyl (C=O) groups is 1. The highest BCUT2D eigenvalue weighted by Crippen LogP contribution is 2.21. The summed E-state index contributed by atoms with van der Waals surface area (Å²) >= 11 is 0. The molecule has 0 bridgehead atoms. The minimum absolute atomic E-state index is 0.313. The van der Waals surface area contributed by atoms with Crippen molar-refractivity contribution in [1.29, 1.82) is 0 Å². The lowest BCUT2D eigenvalue weighted by Crippen LogP contribution is -2.13. The predicted molar refractivity (Wildman–Crippen MR) is 53.0 cm³/mol. The first-order chi connectivity index (χ1) is 5.54. The van der Waals surface area contributed by atoms with Crippen LogP contribution in [0.4, 0.5) is 0 Å². The van der Waals surface area contributed by atoms with E-state index < -0.39 is 0 Å².